The second-order valence-electron chi connectivity index (χ2n) is 0.523. The molecule has 0 aliphatic rings. The van der Waals surface area contributed by atoms with Crippen molar-refractivity contribution in [1.29, 1.82) is 0 Å². The highest BCUT2D eigenvalue weighted by Crippen LogP contribution is 1.92. The number of nitrogens with zero attached hydrogens (tertiary/aromatic N) is 2. The third kappa shape index (κ3) is 3.75. The van der Waals surface area contributed by atoms with Gasteiger partial charge in [0.15, 0.2) is 0 Å². The van der Waals surface area contributed by atoms with Crippen LogP contribution in [0.4, 0.5) is 0 Å². The number of rotatable bonds is 2. The summed E-state index contributed by atoms with van der Waals surface area (Å²) < 4.78 is 4.36. The van der Waals surface area contributed by atoms with E-state index in [1.807, 2.05) is 0 Å². The first kappa shape index (κ1) is 5.75. The second kappa shape index (κ2) is 4.75. The Bertz CT molecular complexity index is 46.8. The Balaban J connectivity index is 2.66. The van der Waals surface area contributed by atoms with Crippen molar-refractivity contribution in [1.82, 2.24) is 0 Å². The minimum Gasteiger partial charge on any atom is -0.304 e. The zero-order valence-electron chi connectivity index (χ0n) is 3.71. The van der Waals surface area contributed by atoms with Gasteiger partial charge in [-0.2, -0.15) is 5.11 Å². The van der Waals surface area contributed by atoms with Crippen molar-refractivity contribution in [2.24, 2.45) is 10.4 Å². The first-order valence-electron chi connectivity index (χ1n) is 1.40. The summed E-state index contributed by atoms with van der Waals surface area (Å²) in [7, 11) is 1.55. The van der Waals surface area contributed by atoms with Crippen molar-refractivity contribution in [3.63, 3.8) is 0 Å². The lowest BCUT2D eigenvalue weighted by Gasteiger charge is -1.79. The molecule has 36 valence electrons. The summed E-state index contributed by atoms with van der Waals surface area (Å²) in [6.45, 7) is 0. The van der Waals surface area contributed by atoms with E-state index < -0.39 is 0 Å². The van der Waals surface area contributed by atoms with Gasteiger partial charge in [0.05, 0.1) is 19.1 Å². The normalized spacial score (nSPS) is 9.67. The van der Waals surface area contributed by atoms with Gasteiger partial charge in [0.25, 0.3) is 0 Å². The largest absolute Gasteiger partial charge is 0.304 e. The van der Waals surface area contributed by atoms with Crippen LogP contribution in [0.3, 0.4) is 0 Å². The molecule has 0 aromatic rings. The maximum absolute atomic E-state index is 4.36. The average molecular weight is 106 g/mol. The van der Waals surface area contributed by atoms with Gasteiger partial charge >= 0.3 is 0 Å². The molecule has 0 rings (SSSR count). The van der Waals surface area contributed by atoms with Gasteiger partial charge in [0.1, 0.15) is 0 Å². The molecular formula is C2H6N2OS. The van der Waals surface area contributed by atoms with Crippen molar-refractivity contribution in [3.8, 4) is 0 Å². The molecular weight excluding hydrogens is 100 g/mol. The molecule has 0 aromatic heterocycles. The highest BCUT2D eigenvalue weighted by molar-refractivity contribution is 7.93. The van der Waals surface area contributed by atoms with Gasteiger partial charge in [-0.1, -0.05) is 0 Å². The van der Waals surface area contributed by atoms with Gasteiger partial charge in [-0.05, 0) is 0 Å². The van der Waals surface area contributed by atoms with E-state index in [0.29, 0.717) is 0 Å². The van der Waals surface area contributed by atoms with E-state index in [1.165, 1.54) is 12.0 Å². The predicted molar refractivity (Wildman–Crippen MR) is 25.4 cm³/mol. The van der Waals surface area contributed by atoms with Crippen LogP contribution in [0.2, 0.25) is 0 Å². The molecule has 0 spiro atoms. The van der Waals surface area contributed by atoms with E-state index in [4.69, 9.17) is 0 Å². The lowest BCUT2D eigenvalue weighted by Crippen LogP contribution is -1.56. The topological polar surface area (TPSA) is 34.0 Å². The zero-order chi connectivity index (χ0) is 4.83. The SMILES string of the molecule is CN=NOSC. The van der Waals surface area contributed by atoms with Crippen LogP contribution in [-0.4, -0.2) is 13.3 Å². The second-order valence-corrected chi connectivity index (χ2v) is 1.01. The Morgan fingerprint density at radius 1 is 1.67 bits per heavy atom. The van der Waals surface area contributed by atoms with Gasteiger partial charge in [-0.15, -0.1) is 0 Å². The first-order valence-corrected chi connectivity index (χ1v) is 2.55. The molecule has 0 aliphatic heterocycles. The molecule has 0 amide bonds. The van der Waals surface area contributed by atoms with E-state index in [1.54, 1.807) is 13.3 Å². The Morgan fingerprint density at radius 3 is 2.50 bits per heavy atom. The van der Waals surface area contributed by atoms with Gasteiger partial charge in [0, 0.05) is 11.5 Å². The van der Waals surface area contributed by atoms with Crippen molar-refractivity contribution in [2.45, 2.75) is 0 Å². The van der Waals surface area contributed by atoms with Gasteiger partial charge in [0.2, 0.25) is 0 Å². The van der Waals surface area contributed by atoms with E-state index in [-0.39, 0.29) is 0 Å². The summed E-state index contributed by atoms with van der Waals surface area (Å²) in [4.78, 5) is 0. The van der Waals surface area contributed by atoms with Crippen LogP contribution in [0.25, 0.3) is 0 Å². The van der Waals surface area contributed by atoms with Crippen LogP contribution in [0, 0.1) is 0 Å². The highest BCUT2D eigenvalue weighted by Gasteiger charge is 1.64. The van der Waals surface area contributed by atoms with Gasteiger partial charge < -0.3 is 4.28 Å². The maximum Gasteiger partial charge on any atom is 0.0863 e. The van der Waals surface area contributed by atoms with Crippen LogP contribution in [0.5, 0.6) is 0 Å². The van der Waals surface area contributed by atoms with E-state index in [2.05, 4.69) is 14.7 Å². The molecule has 0 radical (unpaired) electrons. The summed E-state index contributed by atoms with van der Waals surface area (Å²) in [5.41, 5.74) is 0. The third-order valence-electron chi connectivity index (χ3n) is 0.190. The molecule has 0 saturated heterocycles. The standard InChI is InChI=1S/C2H6N2OS/c1-3-4-5-6-2/h1-2H3. The molecule has 0 unspecified atom stereocenters. The molecule has 3 nitrogen and oxygen atoms in total. The number of hydrogen-bond donors (Lipinski definition) is 0. The lowest BCUT2D eigenvalue weighted by atomic mass is 11.6. The van der Waals surface area contributed by atoms with E-state index in [9.17, 15) is 0 Å². The van der Waals surface area contributed by atoms with Crippen molar-refractivity contribution in [3.05, 3.63) is 0 Å². The minimum atomic E-state index is 1.17. The number of hydrogen-bond acceptors (Lipinski definition) is 4. The maximum atomic E-state index is 4.36. The average Bonchev–Trinajstić information content (AvgIpc) is 1.61. The minimum absolute atomic E-state index is 1.17. The summed E-state index contributed by atoms with van der Waals surface area (Å²) in [6, 6.07) is 0. The predicted octanol–water partition coefficient (Wildman–Crippen LogP) is 1.28. The summed E-state index contributed by atoms with van der Waals surface area (Å²) in [5.74, 6) is 0. The quantitative estimate of drug-likeness (QED) is 0.302. The van der Waals surface area contributed by atoms with E-state index >= 15 is 0 Å². The third-order valence-corrected chi connectivity index (χ3v) is 0.405. The van der Waals surface area contributed by atoms with E-state index in [0.717, 1.165) is 0 Å². The van der Waals surface area contributed by atoms with Crippen molar-refractivity contribution < 1.29 is 4.28 Å². The van der Waals surface area contributed by atoms with Crippen LogP contribution in [-0.2, 0) is 4.28 Å². The van der Waals surface area contributed by atoms with Gasteiger partial charge in [-0.3, -0.25) is 0 Å². The molecule has 0 N–H and O–H groups in total. The first-order chi connectivity index (χ1) is 2.91. The molecule has 0 bridgehead atoms. The van der Waals surface area contributed by atoms with Crippen LogP contribution in [0.15, 0.2) is 10.4 Å². The summed E-state index contributed by atoms with van der Waals surface area (Å²) in [6.07, 6.45) is 1.77. The Labute approximate surface area is 41.0 Å². The van der Waals surface area contributed by atoms with Crippen LogP contribution in [0.1, 0.15) is 0 Å². The van der Waals surface area contributed by atoms with Gasteiger partial charge in [-0.25, -0.2) is 0 Å². The Kier molecular flexibility index (Phi) is 4.55. The molecule has 0 aliphatic carbocycles. The molecule has 4 heteroatoms. The zero-order valence-corrected chi connectivity index (χ0v) is 4.53. The summed E-state index contributed by atoms with van der Waals surface area (Å²) in [5, 5.41) is 6.49. The molecule has 0 aromatic carbocycles. The Morgan fingerprint density at radius 2 is 2.33 bits per heavy atom. The fraction of sp³-hybridized carbons (Fsp3) is 1.00. The monoisotopic (exact) mass is 106 g/mol. The van der Waals surface area contributed by atoms with Crippen molar-refractivity contribution in [2.75, 3.05) is 13.3 Å². The molecule has 0 saturated carbocycles. The van der Waals surface area contributed by atoms with Crippen LogP contribution >= 0.6 is 12.0 Å². The van der Waals surface area contributed by atoms with Crippen LogP contribution < -0.4 is 0 Å². The highest BCUT2D eigenvalue weighted by atomic mass is 32.2. The van der Waals surface area contributed by atoms with Crippen molar-refractivity contribution >= 4 is 12.0 Å². The molecule has 6 heavy (non-hydrogen) atoms. The molecule has 0 atom stereocenters. The molecule has 0 fully saturated rings. The smallest absolute Gasteiger partial charge is 0.0863 e. The lowest BCUT2D eigenvalue weighted by molar-refractivity contribution is 0.369. The fourth-order valence-electron chi connectivity index (χ4n) is 0.0667. The summed E-state index contributed by atoms with van der Waals surface area (Å²) >= 11 is 1.17. The molecule has 0 heterocycles. The fourth-order valence-corrected chi connectivity index (χ4v) is 0.200. The Hall–Kier alpha value is -0.250.